The van der Waals surface area contributed by atoms with E-state index in [-0.39, 0.29) is 12.1 Å². The third kappa shape index (κ3) is 4.63. The number of likely N-dealkylation sites (N-methyl/N-ethyl adjacent to an activating group) is 1. The number of rotatable bonds is 6. The maximum Gasteiger partial charge on any atom is 0.0610 e. The molecule has 2 atom stereocenters. The summed E-state index contributed by atoms with van der Waals surface area (Å²) < 4.78 is 0. The molecule has 0 aromatic heterocycles. The lowest BCUT2D eigenvalue weighted by Crippen LogP contribution is -2.45. The van der Waals surface area contributed by atoms with Gasteiger partial charge in [-0.1, -0.05) is 30.1 Å². The summed E-state index contributed by atoms with van der Waals surface area (Å²) in [7, 11) is 1.87. The Morgan fingerprint density at radius 1 is 1.39 bits per heavy atom. The molecule has 0 saturated carbocycles. The molecule has 2 unspecified atom stereocenters. The average Bonchev–Trinajstić information content (AvgIpc) is 2.33. The van der Waals surface area contributed by atoms with E-state index in [1.807, 2.05) is 32.2 Å². The van der Waals surface area contributed by atoms with Gasteiger partial charge < -0.3 is 10.4 Å². The molecule has 0 heterocycles. The molecule has 2 N–H and O–H groups in total. The Morgan fingerprint density at radius 2 is 2.06 bits per heavy atom. The lowest BCUT2D eigenvalue weighted by Gasteiger charge is -2.29. The fraction of sp³-hybridized carbons (Fsp3) is 0.538. The molecule has 0 radical (unpaired) electrons. The smallest absolute Gasteiger partial charge is 0.0610 e. The third-order valence-corrected chi connectivity index (χ3v) is 4.75. The maximum atomic E-state index is 9.37. The van der Waals surface area contributed by atoms with Gasteiger partial charge >= 0.3 is 0 Å². The first-order valence-electron chi connectivity index (χ1n) is 5.81. The minimum absolute atomic E-state index is 0.121. The Labute approximate surface area is 123 Å². The summed E-state index contributed by atoms with van der Waals surface area (Å²) in [4.78, 5) is 1.09. The SMILES string of the molecule is CNC(C)(CO)CC(C)Sc1ccc(Cl)c(Cl)c1. The van der Waals surface area contributed by atoms with E-state index >= 15 is 0 Å². The summed E-state index contributed by atoms with van der Waals surface area (Å²) in [6.07, 6.45) is 0.866. The van der Waals surface area contributed by atoms with Gasteiger partial charge in [0.05, 0.1) is 16.7 Å². The second kappa shape index (κ2) is 7.01. The van der Waals surface area contributed by atoms with E-state index in [2.05, 4.69) is 12.2 Å². The lowest BCUT2D eigenvalue weighted by molar-refractivity contribution is 0.174. The first-order valence-corrected chi connectivity index (χ1v) is 7.45. The summed E-state index contributed by atoms with van der Waals surface area (Å²) in [6, 6.07) is 5.65. The number of aliphatic hydroxyl groups is 1. The van der Waals surface area contributed by atoms with Crippen molar-refractivity contribution >= 4 is 35.0 Å². The van der Waals surface area contributed by atoms with Crippen molar-refractivity contribution in [3.8, 4) is 0 Å². The van der Waals surface area contributed by atoms with Gasteiger partial charge in [-0.15, -0.1) is 11.8 Å². The molecule has 0 amide bonds. The van der Waals surface area contributed by atoms with Gasteiger partial charge in [-0.25, -0.2) is 0 Å². The van der Waals surface area contributed by atoms with E-state index in [1.54, 1.807) is 11.8 Å². The molecule has 0 aliphatic heterocycles. The monoisotopic (exact) mass is 307 g/mol. The van der Waals surface area contributed by atoms with E-state index in [9.17, 15) is 5.11 Å². The zero-order valence-electron chi connectivity index (χ0n) is 10.8. The molecular weight excluding hydrogens is 289 g/mol. The number of hydrogen-bond acceptors (Lipinski definition) is 3. The molecule has 0 spiro atoms. The van der Waals surface area contributed by atoms with Crippen molar-refractivity contribution in [1.29, 1.82) is 0 Å². The van der Waals surface area contributed by atoms with E-state index in [4.69, 9.17) is 23.2 Å². The number of thioether (sulfide) groups is 1. The van der Waals surface area contributed by atoms with Crippen LogP contribution in [0.1, 0.15) is 20.3 Å². The van der Waals surface area contributed by atoms with E-state index in [1.165, 1.54) is 0 Å². The number of benzene rings is 1. The van der Waals surface area contributed by atoms with Crippen LogP contribution >= 0.6 is 35.0 Å². The summed E-state index contributed by atoms with van der Waals surface area (Å²) in [5, 5.41) is 14.0. The highest BCUT2D eigenvalue weighted by molar-refractivity contribution is 8.00. The second-order valence-corrected chi connectivity index (χ2v) is 7.00. The molecule has 1 aromatic carbocycles. The highest BCUT2D eigenvalue weighted by Gasteiger charge is 2.24. The molecule has 102 valence electrons. The molecule has 1 rings (SSSR count). The molecule has 2 nitrogen and oxygen atoms in total. The normalized spacial score (nSPS) is 16.3. The van der Waals surface area contributed by atoms with Crippen molar-refractivity contribution in [3.05, 3.63) is 28.2 Å². The first kappa shape index (κ1) is 16.1. The number of nitrogens with one attached hydrogen (secondary N) is 1. The van der Waals surface area contributed by atoms with Gasteiger partial charge in [0, 0.05) is 15.7 Å². The standard InChI is InChI=1S/C13H19Cl2NOS/c1-9(7-13(2,8-17)16-3)18-10-4-5-11(14)12(15)6-10/h4-6,9,16-17H,7-8H2,1-3H3. The van der Waals surface area contributed by atoms with Crippen LogP contribution < -0.4 is 5.32 Å². The Hall–Kier alpha value is 0.0700. The van der Waals surface area contributed by atoms with Crippen molar-refractivity contribution in [2.45, 2.75) is 36.0 Å². The molecule has 0 saturated heterocycles. The van der Waals surface area contributed by atoms with Crippen molar-refractivity contribution in [1.82, 2.24) is 5.32 Å². The van der Waals surface area contributed by atoms with Gasteiger partial charge in [-0.3, -0.25) is 0 Å². The molecule has 0 bridgehead atoms. The van der Waals surface area contributed by atoms with Crippen LogP contribution in [-0.2, 0) is 0 Å². The maximum absolute atomic E-state index is 9.37. The average molecular weight is 308 g/mol. The van der Waals surface area contributed by atoms with Crippen LogP contribution in [0.4, 0.5) is 0 Å². The number of hydrogen-bond donors (Lipinski definition) is 2. The van der Waals surface area contributed by atoms with Gasteiger partial charge in [-0.2, -0.15) is 0 Å². The van der Waals surface area contributed by atoms with Gasteiger partial charge in [-0.05, 0) is 38.6 Å². The largest absolute Gasteiger partial charge is 0.394 e. The second-order valence-electron chi connectivity index (χ2n) is 4.68. The Morgan fingerprint density at radius 3 is 2.56 bits per heavy atom. The highest BCUT2D eigenvalue weighted by atomic mass is 35.5. The minimum Gasteiger partial charge on any atom is -0.394 e. The fourth-order valence-electron chi connectivity index (χ4n) is 1.70. The van der Waals surface area contributed by atoms with E-state index < -0.39 is 0 Å². The fourth-order valence-corrected chi connectivity index (χ4v) is 3.32. The first-order chi connectivity index (χ1) is 8.40. The van der Waals surface area contributed by atoms with Gasteiger partial charge in [0.25, 0.3) is 0 Å². The van der Waals surface area contributed by atoms with Gasteiger partial charge in [0.15, 0.2) is 0 Å². The van der Waals surface area contributed by atoms with Gasteiger partial charge in [0.2, 0.25) is 0 Å². The third-order valence-electron chi connectivity index (χ3n) is 2.92. The lowest BCUT2D eigenvalue weighted by atomic mass is 9.97. The summed E-state index contributed by atoms with van der Waals surface area (Å²) >= 11 is 13.6. The molecule has 0 fully saturated rings. The predicted octanol–water partition coefficient (Wildman–Crippen LogP) is 3.83. The number of halogens is 2. The molecule has 1 aromatic rings. The van der Waals surface area contributed by atoms with Crippen LogP contribution in [0.15, 0.2) is 23.1 Å². The van der Waals surface area contributed by atoms with Crippen LogP contribution in [0.3, 0.4) is 0 Å². The summed E-state index contributed by atoms with van der Waals surface area (Å²) in [6.45, 7) is 4.27. The topological polar surface area (TPSA) is 32.3 Å². The Balaban J connectivity index is 2.64. The van der Waals surface area contributed by atoms with Crippen LogP contribution in [0.5, 0.6) is 0 Å². The van der Waals surface area contributed by atoms with Crippen molar-refractivity contribution in [3.63, 3.8) is 0 Å². The van der Waals surface area contributed by atoms with Crippen LogP contribution in [0, 0.1) is 0 Å². The number of aliphatic hydroxyl groups excluding tert-OH is 1. The van der Waals surface area contributed by atoms with E-state index in [0.29, 0.717) is 15.3 Å². The minimum atomic E-state index is -0.247. The van der Waals surface area contributed by atoms with Crippen LogP contribution in [0.2, 0.25) is 10.0 Å². The zero-order valence-corrected chi connectivity index (χ0v) is 13.2. The molecular formula is C13H19Cl2NOS. The van der Waals surface area contributed by atoms with Crippen molar-refractivity contribution in [2.75, 3.05) is 13.7 Å². The van der Waals surface area contributed by atoms with Crippen molar-refractivity contribution in [2.24, 2.45) is 0 Å². The Kier molecular flexibility index (Phi) is 6.28. The molecule has 0 aliphatic carbocycles. The molecule has 18 heavy (non-hydrogen) atoms. The zero-order chi connectivity index (χ0) is 13.8. The summed E-state index contributed by atoms with van der Waals surface area (Å²) in [5.41, 5.74) is -0.247. The quantitative estimate of drug-likeness (QED) is 0.783. The summed E-state index contributed by atoms with van der Waals surface area (Å²) in [5.74, 6) is 0. The van der Waals surface area contributed by atoms with E-state index in [0.717, 1.165) is 11.3 Å². The highest BCUT2D eigenvalue weighted by Crippen LogP contribution is 2.32. The van der Waals surface area contributed by atoms with Crippen LogP contribution in [0.25, 0.3) is 0 Å². The van der Waals surface area contributed by atoms with Crippen molar-refractivity contribution < 1.29 is 5.11 Å². The Bertz CT molecular complexity index is 397. The molecule has 5 heteroatoms. The van der Waals surface area contributed by atoms with Gasteiger partial charge in [0.1, 0.15) is 0 Å². The van der Waals surface area contributed by atoms with Crippen LogP contribution in [-0.4, -0.2) is 29.5 Å². The molecule has 0 aliphatic rings. The predicted molar refractivity (Wildman–Crippen MR) is 80.9 cm³/mol.